The van der Waals surface area contributed by atoms with Crippen LogP contribution in [0.2, 0.25) is 0 Å². The van der Waals surface area contributed by atoms with E-state index in [1.54, 1.807) is 11.8 Å². The summed E-state index contributed by atoms with van der Waals surface area (Å²) in [7, 11) is 2.06. The third kappa shape index (κ3) is 5.25. The molecular weight excluding hydrogens is 520 g/mol. The smallest absolute Gasteiger partial charge is 0.191 e. The first-order chi connectivity index (χ1) is 17.6. The van der Waals surface area contributed by atoms with Crippen LogP contribution >= 0.6 is 35.5 Å². The van der Waals surface area contributed by atoms with Gasteiger partial charge in [0.25, 0.3) is 0 Å². The normalized spacial score (nSPS) is 14.0. The fourth-order valence-electron chi connectivity index (χ4n) is 5.17. The summed E-state index contributed by atoms with van der Waals surface area (Å²) in [6.45, 7) is 7.50. The number of fused-ring (bicyclic) bond motifs is 4. The summed E-state index contributed by atoms with van der Waals surface area (Å²) < 4.78 is 3.52. The van der Waals surface area contributed by atoms with E-state index in [1.165, 1.54) is 21.3 Å². The molecule has 1 aliphatic heterocycles. The molecule has 2 aromatic carbocycles. The maximum absolute atomic E-state index is 4.69. The minimum Gasteiger partial charge on any atom is -0.305 e. The van der Waals surface area contributed by atoms with Gasteiger partial charge in [-0.05, 0) is 69.0 Å². The summed E-state index contributed by atoms with van der Waals surface area (Å²) >= 11 is 3.64. The Morgan fingerprint density at radius 2 is 1.81 bits per heavy atom. The molecule has 6 rings (SSSR count). The van der Waals surface area contributed by atoms with Crippen LogP contribution in [0.15, 0.2) is 47.6 Å². The molecule has 0 unspecified atom stereocenters. The monoisotopic (exact) mass is 550 g/mol. The fourth-order valence-corrected chi connectivity index (χ4v) is 7.02. The number of thiazole rings is 1. The quantitative estimate of drug-likeness (QED) is 0.184. The Morgan fingerprint density at radius 1 is 0.946 bits per heavy atom. The third-order valence-electron chi connectivity index (χ3n) is 7.04. The molecule has 9 heteroatoms. The second-order valence-electron chi connectivity index (χ2n) is 9.52. The van der Waals surface area contributed by atoms with E-state index in [9.17, 15) is 0 Å². The number of pyridine rings is 1. The molecule has 0 spiro atoms. The highest BCUT2D eigenvalue weighted by Crippen LogP contribution is 2.31. The molecule has 0 fully saturated rings. The van der Waals surface area contributed by atoms with Gasteiger partial charge in [-0.3, -0.25) is 4.98 Å². The van der Waals surface area contributed by atoms with E-state index in [2.05, 4.69) is 75.0 Å². The van der Waals surface area contributed by atoms with E-state index in [4.69, 9.17) is 4.98 Å². The van der Waals surface area contributed by atoms with Crippen molar-refractivity contribution in [3.05, 3.63) is 64.3 Å². The van der Waals surface area contributed by atoms with E-state index in [1.807, 2.05) is 24.3 Å². The number of thioether (sulfide) groups is 1. The van der Waals surface area contributed by atoms with Gasteiger partial charge in [0.2, 0.25) is 0 Å². The highest BCUT2D eigenvalue weighted by atomic mass is 35.5. The molecule has 192 valence electrons. The molecule has 5 aromatic rings. The Balaban J connectivity index is 0.00000280. The molecule has 0 aliphatic carbocycles. The Kier molecular flexibility index (Phi) is 7.81. The maximum Gasteiger partial charge on any atom is 0.191 e. The van der Waals surface area contributed by atoms with E-state index >= 15 is 0 Å². The number of rotatable bonds is 6. The number of hydrogen-bond donors (Lipinski definition) is 0. The van der Waals surface area contributed by atoms with Gasteiger partial charge in [-0.2, -0.15) is 0 Å². The van der Waals surface area contributed by atoms with Gasteiger partial charge in [0, 0.05) is 42.5 Å². The molecule has 0 saturated heterocycles. The Labute approximate surface area is 231 Å². The van der Waals surface area contributed by atoms with Crippen LogP contribution in [-0.4, -0.2) is 55.0 Å². The lowest BCUT2D eigenvalue weighted by atomic mass is 10.0. The lowest BCUT2D eigenvalue weighted by molar-refractivity contribution is 0.289. The van der Waals surface area contributed by atoms with Gasteiger partial charge in [0.1, 0.15) is 0 Å². The van der Waals surface area contributed by atoms with Crippen LogP contribution < -0.4 is 0 Å². The van der Waals surface area contributed by atoms with Crippen LogP contribution in [0.25, 0.3) is 32.5 Å². The van der Waals surface area contributed by atoms with E-state index < -0.39 is 0 Å². The largest absolute Gasteiger partial charge is 0.305 e. The van der Waals surface area contributed by atoms with Crippen molar-refractivity contribution in [2.24, 2.45) is 7.05 Å². The van der Waals surface area contributed by atoms with Crippen molar-refractivity contribution in [1.29, 1.82) is 0 Å². The lowest BCUT2D eigenvalue weighted by Crippen LogP contribution is -2.27. The average molecular weight is 551 g/mol. The molecule has 1 aliphatic rings. The van der Waals surface area contributed by atoms with Crippen LogP contribution in [-0.2, 0) is 19.9 Å². The molecule has 0 atom stereocenters. The number of halogens is 1. The number of benzene rings is 2. The number of hydrogen-bond acceptors (Lipinski definition) is 7. The standard InChI is InChI=1S/C28H30N6S2.ClH/c1-18-8-10-22-23(6-4-7-24(22)29-18)27-31-32-28(33(27)3)35-17-5-14-34-15-12-20-9-11-25-26(21(20)13-16-34)36-19(2)30-25;/h4,6-11H,5,12-17H2,1-3H3;1H. The van der Waals surface area contributed by atoms with Gasteiger partial charge < -0.3 is 9.47 Å². The van der Waals surface area contributed by atoms with Gasteiger partial charge in [0.05, 0.1) is 20.7 Å². The second kappa shape index (κ2) is 11.1. The van der Waals surface area contributed by atoms with Crippen LogP contribution in [0, 0.1) is 13.8 Å². The van der Waals surface area contributed by atoms with E-state index in [-0.39, 0.29) is 12.4 Å². The number of aryl methyl sites for hydroxylation is 2. The SMILES string of the molecule is Cc1ccc2c(-c3nnc(SCCCN4CCc5ccc6nc(C)sc6c5CC4)n3C)cccc2n1.Cl. The topological polar surface area (TPSA) is 59.7 Å². The molecule has 37 heavy (non-hydrogen) atoms. The third-order valence-corrected chi connectivity index (χ3v) is 9.19. The zero-order valence-corrected chi connectivity index (χ0v) is 23.8. The van der Waals surface area contributed by atoms with Crippen LogP contribution in [0.3, 0.4) is 0 Å². The van der Waals surface area contributed by atoms with Crippen LogP contribution in [0.1, 0.15) is 28.2 Å². The summed E-state index contributed by atoms with van der Waals surface area (Å²) in [6.07, 6.45) is 3.38. The van der Waals surface area contributed by atoms with Gasteiger partial charge in [0.15, 0.2) is 11.0 Å². The average Bonchev–Trinajstić information content (AvgIpc) is 3.36. The van der Waals surface area contributed by atoms with Crippen molar-refractivity contribution < 1.29 is 0 Å². The summed E-state index contributed by atoms with van der Waals surface area (Å²) in [6, 6.07) is 14.9. The molecule has 3 aromatic heterocycles. The number of nitrogens with zero attached hydrogens (tertiary/aromatic N) is 6. The van der Waals surface area contributed by atoms with Crippen molar-refractivity contribution in [3.8, 4) is 11.4 Å². The Bertz CT molecular complexity index is 1560. The van der Waals surface area contributed by atoms with E-state index in [0.29, 0.717) is 0 Å². The van der Waals surface area contributed by atoms with Crippen LogP contribution in [0.4, 0.5) is 0 Å². The van der Waals surface area contributed by atoms with Crippen molar-refractivity contribution in [2.75, 3.05) is 25.4 Å². The minimum absolute atomic E-state index is 0. The van der Waals surface area contributed by atoms with Gasteiger partial charge in [-0.25, -0.2) is 4.98 Å². The van der Waals surface area contributed by atoms with Crippen molar-refractivity contribution in [3.63, 3.8) is 0 Å². The Hall–Kier alpha value is -2.52. The highest BCUT2D eigenvalue weighted by molar-refractivity contribution is 7.99. The molecule has 0 amide bonds. The van der Waals surface area contributed by atoms with Gasteiger partial charge in [-0.1, -0.05) is 36.0 Å². The zero-order chi connectivity index (χ0) is 24.6. The van der Waals surface area contributed by atoms with Gasteiger partial charge >= 0.3 is 0 Å². The summed E-state index contributed by atoms with van der Waals surface area (Å²) in [5, 5.41) is 12.3. The first-order valence-electron chi connectivity index (χ1n) is 12.6. The van der Waals surface area contributed by atoms with Crippen LogP contribution in [0.5, 0.6) is 0 Å². The predicted octanol–water partition coefficient (Wildman–Crippen LogP) is 6.26. The summed E-state index contributed by atoms with van der Waals surface area (Å²) in [5.41, 5.74) is 7.30. The molecule has 0 radical (unpaired) electrons. The highest BCUT2D eigenvalue weighted by Gasteiger charge is 2.18. The molecule has 0 saturated carbocycles. The maximum atomic E-state index is 4.69. The lowest BCUT2D eigenvalue weighted by Gasteiger charge is -2.19. The van der Waals surface area contributed by atoms with E-state index in [0.717, 1.165) is 82.8 Å². The second-order valence-corrected chi connectivity index (χ2v) is 11.8. The first kappa shape index (κ1) is 26.1. The minimum atomic E-state index is 0. The summed E-state index contributed by atoms with van der Waals surface area (Å²) in [5.74, 6) is 1.92. The van der Waals surface area contributed by atoms with Gasteiger partial charge in [-0.15, -0.1) is 33.9 Å². The molecule has 4 heterocycles. The predicted molar refractivity (Wildman–Crippen MR) is 157 cm³/mol. The zero-order valence-electron chi connectivity index (χ0n) is 21.4. The number of aromatic nitrogens is 5. The van der Waals surface area contributed by atoms with Crippen molar-refractivity contribution in [2.45, 2.75) is 38.3 Å². The molecule has 0 N–H and O–H groups in total. The molecule has 0 bridgehead atoms. The van der Waals surface area contributed by atoms with Crippen molar-refractivity contribution in [1.82, 2.24) is 29.6 Å². The molecular formula is C28H31ClN6S2. The fraction of sp³-hybridized carbons (Fsp3) is 0.357. The molecule has 6 nitrogen and oxygen atoms in total. The van der Waals surface area contributed by atoms with Crippen molar-refractivity contribution >= 4 is 56.6 Å². The first-order valence-corrected chi connectivity index (χ1v) is 14.4. The Morgan fingerprint density at radius 3 is 2.70 bits per heavy atom. The summed E-state index contributed by atoms with van der Waals surface area (Å²) in [4.78, 5) is 12.0.